The van der Waals surface area contributed by atoms with E-state index in [1.807, 2.05) is 25.1 Å². The number of anilines is 1. The topological polar surface area (TPSA) is 23.5 Å². The molecule has 0 saturated heterocycles. The fourth-order valence-electron chi connectivity index (χ4n) is 1.88. The standard InChI is InChI=1S/C15H23NO/c1-5-11-16(12(3)4)14-9-7-13(8-10-14)15(17)6-2/h5,7-10,12,15,17H,1,6,11H2,2-4H3/t15-/m0/s1. The van der Waals surface area contributed by atoms with Crippen LogP contribution < -0.4 is 4.90 Å². The maximum atomic E-state index is 9.74. The summed E-state index contributed by atoms with van der Waals surface area (Å²) in [6.45, 7) is 10.9. The van der Waals surface area contributed by atoms with E-state index in [1.54, 1.807) is 0 Å². The minimum atomic E-state index is -0.351. The summed E-state index contributed by atoms with van der Waals surface area (Å²) < 4.78 is 0. The van der Waals surface area contributed by atoms with Gasteiger partial charge in [-0.05, 0) is 38.0 Å². The third-order valence-corrected chi connectivity index (χ3v) is 2.95. The summed E-state index contributed by atoms with van der Waals surface area (Å²) in [7, 11) is 0. The summed E-state index contributed by atoms with van der Waals surface area (Å²) >= 11 is 0. The van der Waals surface area contributed by atoms with Gasteiger partial charge in [-0.1, -0.05) is 25.1 Å². The maximum Gasteiger partial charge on any atom is 0.0787 e. The molecule has 0 amide bonds. The van der Waals surface area contributed by atoms with Crippen molar-refractivity contribution in [2.45, 2.75) is 39.3 Å². The van der Waals surface area contributed by atoms with Crippen LogP contribution in [0.15, 0.2) is 36.9 Å². The van der Waals surface area contributed by atoms with E-state index in [9.17, 15) is 5.11 Å². The van der Waals surface area contributed by atoms with E-state index in [-0.39, 0.29) is 6.10 Å². The molecular weight excluding hydrogens is 210 g/mol. The molecule has 1 aromatic rings. The Morgan fingerprint density at radius 2 is 1.88 bits per heavy atom. The van der Waals surface area contributed by atoms with Gasteiger partial charge in [0.05, 0.1) is 6.10 Å². The Balaban J connectivity index is 2.87. The second-order valence-corrected chi connectivity index (χ2v) is 4.55. The van der Waals surface area contributed by atoms with Crippen molar-refractivity contribution in [3.05, 3.63) is 42.5 Å². The molecule has 0 aliphatic heterocycles. The lowest BCUT2D eigenvalue weighted by atomic mass is 10.1. The van der Waals surface area contributed by atoms with Gasteiger partial charge >= 0.3 is 0 Å². The lowest BCUT2D eigenvalue weighted by Gasteiger charge is -2.28. The van der Waals surface area contributed by atoms with Gasteiger partial charge in [-0.3, -0.25) is 0 Å². The number of aliphatic hydroxyl groups excluding tert-OH is 1. The van der Waals surface area contributed by atoms with Crippen LogP contribution in [0.2, 0.25) is 0 Å². The van der Waals surface area contributed by atoms with Crippen molar-refractivity contribution in [2.24, 2.45) is 0 Å². The Morgan fingerprint density at radius 1 is 1.29 bits per heavy atom. The zero-order valence-corrected chi connectivity index (χ0v) is 11.1. The fraction of sp³-hybridized carbons (Fsp3) is 0.467. The van der Waals surface area contributed by atoms with Gasteiger partial charge in [-0.15, -0.1) is 6.58 Å². The molecule has 0 spiro atoms. The van der Waals surface area contributed by atoms with Crippen molar-refractivity contribution in [3.63, 3.8) is 0 Å². The minimum absolute atomic E-state index is 0.351. The van der Waals surface area contributed by atoms with Crippen LogP contribution in [-0.4, -0.2) is 17.7 Å². The van der Waals surface area contributed by atoms with Crippen LogP contribution >= 0.6 is 0 Å². The van der Waals surface area contributed by atoms with Gasteiger partial charge in [-0.25, -0.2) is 0 Å². The molecule has 1 rings (SSSR count). The van der Waals surface area contributed by atoms with Crippen molar-refractivity contribution < 1.29 is 5.11 Å². The Morgan fingerprint density at radius 3 is 2.29 bits per heavy atom. The molecule has 0 unspecified atom stereocenters. The molecule has 17 heavy (non-hydrogen) atoms. The van der Waals surface area contributed by atoms with Crippen LogP contribution in [0, 0.1) is 0 Å². The highest BCUT2D eigenvalue weighted by Gasteiger charge is 2.10. The van der Waals surface area contributed by atoms with Crippen LogP contribution in [0.4, 0.5) is 5.69 Å². The van der Waals surface area contributed by atoms with E-state index in [0.29, 0.717) is 6.04 Å². The lowest BCUT2D eigenvalue weighted by Crippen LogP contribution is -2.30. The van der Waals surface area contributed by atoms with E-state index in [0.717, 1.165) is 18.5 Å². The number of aliphatic hydroxyl groups is 1. The van der Waals surface area contributed by atoms with E-state index >= 15 is 0 Å². The molecule has 0 saturated carbocycles. The largest absolute Gasteiger partial charge is 0.388 e. The summed E-state index contributed by atoms with van der Waals surface area (Å²) in [6.07, 6.45) is 2.31. The molecule has 1 atom stereocenters. The molecule has 2 heteroatoms. The molecule has 0 heterocycles. The zero-order chi connectivity index (χ0) is 12.8. The second-order valence-electron chi connectivity index (χ2n) is 4.55. The van der Waals surface area contributed by atoms with E-state index < -0.39 is 0 Å². The smallest absolute Gasteiger partial charge is 0.0787 e. The van der Waals surface area contributed by atoms with Gasteiger partial charge in [0.2, 0.25) is 0 Å². The van der Waals surface area contributed by atoms with Crippen LogP contribution in [0.25, 0.3) is 0 Å². The van der Waals surface area contributed by atoms with Gasteiger partial charge < -0.3 is 10.0 Å². The predicted octanol–water partition coefficient (Wildman–Crippen LogP) is 3.53. The first-order valence-electron chi connectivity index (χ1n) is 6.25. The lowest BCUT2D eigenvalue weighted by molar-refractivity contribution is 0.173. The van der Waals surface area contributed by atoms with Crippen molar-refractivity contribution in [3.8, 4) is 0 Å². The third-order valence-electron chi connectivity index (χ3n) is 2.95. The van der Waals surface area contributed by atoms with Crippen LogP contribution in [-0.2, 0) is 0 Å². The number of hydrogen-bond donors (Lipinski definition) is 1. The van der Waals surface area contributed by atoms with Crippen molar-refractivity contribution in [2.75, 3.05) is 11.4 Å². The van der Waals surface area contributed by atoms with Gasteiger partial charge in [0.1, 0.15) is 0 Å². The summed E-state index contributed by atoms with van der Waals surface area (Å²) in [4.78, 5) is 2.27. The Labute approximate surface area is 105 Å². The van der Waals surface area contributed by atoms with Crippen LogP contribution in [0.1, 0.15) is 38.9 Å². The van der Waals surface area contributed by atoms with E-state index in [2.05, 4.69) is 37.5 Å². The van der Waals surface area contributed by atoms with Gasteiger partial charge in [0.15, 0.2) is 0 Å². The van der Waals surface area contributed by atoms with Gasteiger partial charge in [-0.2, -0.15) is 0 Å². The Bertz CT molecular complexity index is 342. The van der Waals surface area contributed by atoms with Crippen molar-refractivity contribution >= 4 is 5.69 Å². The van der Waals surface area contributed by atoms with E-state index in [1.165, 1.54) is 5.69 Å². The first kappa shape index (κ1) is 13.8. The van der Waals surface area contributed by atoms with Gasteiger partial charge in [0.25, 0.3) is 0 Å². The minimum Gasteiger partial charge on any atom is -0.388 e. The zero-order valence-electron chi connectivity index (χ0n) is 11.1. The number of rotatable bonds is 6. The SMILES string of the molecule is C=CCN(c1ccc([C@@H](O)CC)cc1)C(C)C. The molecule has 0 aliphatic rings. The molecule has 94 valence electrons. The molecule has 2 nitrogen and oxygen atoms in total. The average molecular weight is 233 g/mol. The normalized spacial score (nSPS) is 12.5. The summed E-state index contributed by atoms with van der Waals surface area (Å²) in [5.41, 5.74) is 2.16. The number of benzene rings is 1. The molecule has 0 fully saturated rings. The highest BCUT2D eigenvalue weighted by atomic mass is 16.3. The Kier molecular flexibility index (Phi) is 5.23. The third kappa shape index (κ3) is 3.60. The fourth-order valence-corrected chi connectivity index (χ4v) is 1.88. The van der Waals surface area contributed by atoms with Crippen molar-refractivity contribution in [1.29, 1.82) is 0 Å². The van der Waals surface area contributed by atoms with Gasteiger partial charge in [0, 0.05) is 18.3 Å². The summed E-state index contributed by atoms with van der Waals surface area (Å²) in [6, 6.07) is 8.58. The van der Waals surface area contributed by atoms with Crippen LogP contribution in [0.3, 0.4) is 0 Å². The summed E-state index contributed by atoms with van der Waals surface area (Å²) in [5, 5.41) is 9.74. The van der Waals surface area contributed by atoms with Crippen LogP contribution in [0.5, 0.6) is 0 Å². The number of hydrogen-bond acceptors (Lipinski definition) is 2. The van der Waals surface area contributed by atoms with E-state index in [4.69, 9.17) is 0 Å². The maximum absolute atomic E-state index is 9.74. The Hall–Kier alpha value is -1.28. The molecule has 0 aliphatic carbocycles. The quantitative estimate of drug-likeness (QED) is 0.760. The average Bonchev–Trinajstić information content (AvgIpc) is 2.35. The molecule has 0 aromatic heterocycles. The molecular formula is C15H23NO. The number of nitrogens with zero attached hydrogens (tertiary/aromatic N) is 1. The predicted molar refractivity (Wildman–Crippen MR) is 74.4 cm³/mol. The summed E-state index contributed by atoms with van der Waals surface area (Å²) in [5.74, 6) is 0. The molecule has 1 N–H and O–H groups in total. The highest BCUT2D eigenvalue weighted by Crippen LogP contribution is 2.22. The molecule has 0 radical (unpaired) electrons. The monoisotopic (exact) mass is 233 g/mol. The first-order valence-corrected chi connectivity index (χ1v) is 6.25. The first-order chi connectivity index (χ1) is 8.10. The van der Waals surface area contributed by atoms with Crippen molar-refractivity contribution in [1.82, 2.24) is 0 Å². The molecule has 0 bridgehead atoms. The molecule has 1 aromatic carbocycles. The second kappa shape index (κ2) is 6.45. The highest BCUT2D eigenvalue weighted by molar-refractivity contribution is 5.49.